The summed E-state index contributed by atoms with van der Waals surface area (Å²) < 4.78 is 28.6. The summed E-state index contributed by atoms with van der Waals surface area (Å²) in [5.41, 5.74) is 4.40. The number of carbonyl (C=O) groups is 1. The lowest BCUT2D eigenvalue weighted by Gasteiger charge is -2.08. The number of carbonyl (C=O) groups excluding carboxylic acids is 1. The van der Waals surface area contributed by atoms with Crippen LogP contribution in [0.15, 0.2) is 83.8 Å². The third-order valence-electron chi connectivity index (χ3n) is 6.02. The van der Waals surface area contributed by atoms with Crippen LogP contribution in [-0.4, -0.2) is 19.3 Å². The Morgan fingerprint density at radius 3 is 2.44 bits per heavy atom. The number of benzene rings is 4. The van der Waals surface area contributed by atoms with Crippen molar-refractivity contribution in [1.29, 1.82) is 0 Å². The molecule has 0 fully saturated rings. The van der Waals surface area contributed by atoms with Crippen LogP contribution in [0.2, 0.25) is 0 Å². The summed E-state index contributed by atoms with van der Waals surface area (Å²) in [4.78, 5) is 17.7. The molecule has 0 saturated carbocycles. The third-order valence-corrected chi connectivity index (χ3v) is 8.34. The quantitative estimate of drug-likeness (QED) is 0.339. The highest BCUT2D eigenvalue weighted by atomic mass is 32.2. The molecule has 0 saturated heterocycles. The van der Waals surface area contributed by atoms with Crippen LogP contribution in [0, 0.1) is 0 Å². The maximum atomic E-state index is 12.8. The van der Waals surface area contributed by atoms with Gasteiger partial charge < -0.3 is 0 Å². The zero-order chi connectivity index (χ0) is 23.3. The van der Waals surface area contributed by atoms with Crippen molar-refractivity contribution >= 4 is 59.1 Å². The molecule has 8 heteroatoms. The highest BCUT2D eigenvalue weighted by Crippen LogP contribution is 2.39. The number of fused-ring (bicyclic) bond motifs is 2. The smallest absolute Gasteiger partial charge is 0.261 e. The SMILES string of the molecule is O=C(Nc1nc2c(cc3c4c(cccc42)CC3)s1)c1ccc(NS(=O)(=O)c2ccccc2)cc1. The molecule has 1 aromatic heterocycles. The first-order chi connectivity index (χ1) is 16.5. The molecule has 1 aliphatic rings. The van der Waals surface area contributed by atoms with E-state index < -0.39 is 10.0 Å². The van der Waals surface area contributed by atoms with Crippen LogP contribution >= 0.6 is 11.3 Å². The molecule has 0 bridgehead atoms. The van der Waals surface area contributed by atoms with E-state index in [2.05, 4.69) is 34.3 Å². The van der Waals surface area contributed by atoms with Crippen molar-refractivity contribution in [1.82, 2.24) is 4.98 Å². The largest absolute Gasteiger partial charge is 0.298 e. The number of amides is 1. The third kappa shape index (κ3) is 3.61. The van der Waals surface area contributed by atoms with E-state index in [-0.39, 0.29) is 10.8 Å². The van der Waals surface area contributed by atoms with Gasteiger partial charge in [-0.15, -0.1) is 0 Å². The van der Waals surface area contributed by atoms with Gasteiger partial charge in [0.1, 0.15) is 0 Å². The van der Waals surface area contributed by atoms with Gasteiger partial charge in [-0.1, -0.05) is 47.7 Å². The zero-order valence-corrected chi connectivity index (χ0v) is 19.5. The van der Waals surface area contributed by atoms with Crippen LogP contribution in [0.5, 0.6) is 0 Å². The molecule has 0 unspecified atom stereocenters. The predicted molar refractivity (Wildman–Crippen MR) is 136 cm³/mol. The summed E-state index contributed by atoms with van der Waals surface area (Å²) in [6.45, 7) is 0. The van der Waals surface area contributed by atoms with E-state index in [4.69, 9.17) is 4.98 Å². The topological polar surface area (TPSA) is 88.2 Å². The first-order valence-corrected chi connectivity index (χ1v) is 13.1. The molecular weight excluding hydrogens is 466 g/mol. The Kier molecular flexibility index (Phi) is 4.86. The summed E-state index contributed by atoms with van der Waals surface area (Å²) in [5, 5.41) is 5.86. The van der Waals surface area contributed by atoms with E-state index in [0.717, 1.165) is 28.4 Å². The lowest BCUT2D eigenvalue weighted by Crippen LogP contribution is -2.14. The van der Waals surface area contributed by atoms with Gasteiger partial charge in [-0.05, 0) is 71.8 Å². The van der Waals surface area contributed by atoms with Gasteiger partial charge in [0.25, 0.3) is 15.9 Å². The normalized spacial score (nSPS) is 12.8. The molecule has 1 aliphatic carbocycles. The van der Waals surface area contributed by atoms with Crippen molar-refractivity contribution in [3.63, 3.8) is 0 Å². The van der Waals surface area contributed by atoms with Gasteiger partial charge in [0, 0.05) is 16.6 Å². The van der Waals surface area contributed by atoms with Gasteiger partial charge in [0.15, 0.2) is 5.13 Å². The number of sulfonamides is 1. The second-order valence-electron chi connectivity index (χ2n) is 8.19. The van der Waals surface area contributed by atoms with Gasteiger partial charge in [0.2, 0.25) is 0 Å². The molecule has 0 radical (unpaired) electrons. The summed E-state index contributed by atoms with van der Waals surface area (Å²) >= 11 is 1.46. The minimum absolute atomic E-state index is 0.176. The van der Waals surface area contributed by atoms with Crippen LogP contribution in [-0.2, 0) is 22.9 Å². The molecule has 5 aromatic rings. The molecule has 6 nitrogen and oxygen atoms in total. The Labute approximate surface area is 200 Å². The lowest BCUT2D eigenvalue weighted by atomic mass is 10.0. The Morgan fingerprint density at radius 2 is 1.65 bits per heavy atom. The maximum Gasteiger partial charge on any atom is 0.261 e. The van der Waals surface area contributed by atoms with Gasteiger partial charge in [-0.25, -0.2) is 13.4 Å². The Bertz CT molecular complexity index is 1680. The fraction of sp³-hybridized carbons (Fsp3) is 0.0769. The predicted octanol–water partition coefficient (Wildman–Crippen LogP) is 5.60. The minimum atomic E-state index is -3.69. The highest BCUT2D eigenvalue weighted by molar-refractivity contribution is 7.92. The summed E-state index contributed by atoms with van der Waals surface area (Å²) in [6, 6.07) is 23.0. The standard InChI is InChI=1S/C26H19N3O3S2/c30-25(17-11-13-19(14-12-17)29-34(31,32)20-6-2-1-3-7-20)28-26-27-24-21-8-4-5-16-9-10-18(23(16)21)15-22(24)33-26/h1-8,11-15,29H,9-10H2,(H,27,28,30). The molecule has 2 N–H and O–H groups in total. The van der Waals surface area contributed by atoms with Gasteiger partial charge in [-0.2, -0.15) is 0 Å². The first-order valence-electron chi connectivity index (χ1n) is 10.8. The Hall–Kier alpha value is -3.75. The van der Waals surface area contributed by atoms with Crippen LogP contribution < -0.4 is 10.0 Å². The average Bonchev–Trinajstić information content (AvgIpc) is 3.45. The maximum absolute atomic E-state index is 12.8. The molecule has 34 heavy (non-hydrogen) atoms. The Balaban J connectivity index is 1.23. The van der Waals surface area contributed by atoms with Crippen LogP contribution in [0.25, 0.3) is 21.0 Å². The number of hydrogen-bond acceptors (Lipinski definition) is 5. The number of nitrogens with zero attached hydrogens (tertiary/aromatic N) is 1. The van der Waals surface area contributed by atoms with Crippen molar-refractivity contribution in [2.24, 2.45) is 0 Å². The number of hydrogen-bond donors (Lipinski definition) is 2. The lowest BCUT2D eigenvalue weighted by molar-refractivity contribution is 0.102. The highest BCUT2D eigenvalue weighted by Gasteiger charge is 2.19. The first kappa shape index (κ1) is 20.8. The molecule has 0 aliphatic heterocycles. The summed E-state index contributed by atoms with van der Waals surface area (Å²) in [5.74, 6) is -0.297. The van der Waals surface area contributed by atoms with E-state index >= 15 is 0 Å². The molecule has 6 rings (SSSR count). The average molecular weight is 486 g/mol. The van der Waals surface area contributed by atoms with Gasteiger partial charge >= 0.3 is 0 Å². The van der Waals surface area contributed by atoms with Crippen molar-refractivity contribution < 1.29 is 13.2 Å². The fourth-order valence-electron chi connectivity index (χ4n) is 4.43. The number of nitrogens with one attached hydrogen (secondary N) is 2. The number of aryl methyl sites for hydroxylation is 2. The molecule has 4 aromatic carbocycles. The van der Waals surface area contributed by atoms with Crippen molar-refractivity contribution in [3.8, 4) is 0 Å². The second-order valence-corrected chi connectivity index (χ2v) is 10.9. The second kappa shape index (κ2) is 7.93. The van der Waals surface area contributed by atoms with E-state index in [0.29, 0.717) is 16.4 Å². The number of aromatic nitrogens is 1. The molecule has 1 heterocycles. The van der Waals surface area contributed by atoms with Gasteiger partial charge in [-0.3, -0.25) is 14.8 Å². The van der Waals surface area contributed by atoms with Crippen molar-refractivity contribution in [2.75, 3.05) is 10.0 Å². The monoisotopic (exact) mass is 485 g/mol. The Morgan fingerprint density at radius 1 is 0.882 bits per heavy atom. The van der Waals surface area contributed by atoms with Gasteiger partial charge in [0.05, 0.1) is 15.1 Å². The minimum Gasteiger partial charge on any atom is -0.298 e. The van der Waals surface area contributed by atoms with Crippen LogP contribution in [0.4, 0.5) is 10.8 Å². The number of rotatable bonds is 5. The molecule has 0 spiro atoms. The zero-order valence-electron chi connectivity index (χ0n) is 17.9. The fourth-order valence-corrected chi connectivity index (χ4v) is 6.45. The van der Waals surface area contributed by atoms with E-state index in [1.807, 2.05) is 0 Å². The number of thiazole rings is 1. The molecule has 1 amide bonds. The van der Waals surface area contributed by atoms with E-state index in [1.54, 1.807) is 42.5 Å². The molecule has 0 atom stereocenters. The van der Waals surface area contributed by atoms with E-state index in [1.165, 1.54) is 40.0 Å². The summed E-state index contributed by atoms with van der Waals surface area (Å²) in [7, 11) is -3.69. The van der Waals surface area contributed by atoms with Crippen LogP contribution in [0.3, 0.4) is 0 Å². The van der Waals surface area contributed by atoms with E-state index in [9.17, 15) is 13.2 Å². The van der Waals surface area contributed by atoms with Crippen molar-refractivity contribution in [2.45, 2.75) is 17.7 Å². The molecular formula is C26H19N3O3S2. The van der Waals surface area contributed by atoms with Crippen LogP contribution in [0.1, 0.15) is 21.5 Å². The number of anilines is 2. The molecule has 168 valence electrons. The summed E-state index contributed by atoms with van der Waals surface area (Å²) in [6.07, 6.45) is 2.09. The van der Waals surface area contributed by atoms with Crippen molar-refractivity contribution in [3.05, 3.63) is 95.6 Å².